The molecule has 0 radical (unpaired) electrons. The Kier molecular flexibility index (Phi) is 6.41. The summed E-state index contributed by atoms with van der Waals surface area (Å²) in [5.74, 6) is -1.33. The van der Waals surface area contributed by atoms with Crippen LogP contribution in [0.1, 0.15) is 15.9 Å². The molecule has 0 aliphatic carbocycles. The lowest BCUT2D eigenvalue weighted by molar-refractivity contribution is 0.104. The third-order valence-electron chi connectivity index (χ3n) is 5.22. The van der Waals surface area contributed by atoms with Crippen molar-refractivity contribution in [3.05, 3.63) is 120 Å². The zero-order valence-electron chi connectivity index (χ0n) is 17.7. The lowest BCUT2D eigenvalue weighted by atomic mass is 9.91. The van der Waals surface area contributed by atoms with Gasteiger partial charge in [-0.25, -0.2) is 13.2 Å². The van der Waals surface area contributed by atoms with E-state index in [1.165, 1.54) is 49.6 Å². The zero-order chi connectivity index (χ0) is 23.4. The molecule has 4 aromatic carbocycles. The molecule has 4 aromatic rings. The second kappa shape index (κ2) is 9.57. The van der Waals surface area contributed by atoms with Crippen molar-refractivity contribution in [3.8, 4) is 28.0 Å². The minimum Gasteiger partial charge on any atom is -0.496 e. The van der Waals surface area contributed by atoms with Crippen molar-refractivity contribution in [1.29, 1.82) is 0 Å². The lowest BCUT2D eigenvalue weighted by Crippen LogP contribution is -2.03. The maximum Gasteiger partial charge on any atom is 0.190 e. The van der Waals surface area contributed by atoms with Crippen molar-refractivity contribution in [2.24, 2.45) is 0 Å². The van der Waals surface area contributed by atoms with E-state index in [1.54, 1.807) is 54.6 Å². The smallest absolute Gasteiger partial charge is 0.190 e. The van der Waals surface area contributed by atoms with Crippen LogP contribution in [0.5, 0.6) is 5.75 Å². The van der Waals surface area contributed by atoms with E-state index in [4.69, 9.17) is 4.74 Å². The van der Waals surface area contributed by atoms with Crippen LogP contribution in [0.4, 0.5) is 13.2 Å². The molecule has 164 valence electrons. The number of benzene rings is 4. The molecule has 0 N–H and O–H groups in total. The summed E-state index contributed by atoms with van der Waals surface area (Å²) in [5, 5.41) is 0. The van der Waals surface area contributed by atoms with Crippen LogP contribution in [-0.2, 0) is 0 Å². The Hall–Kier alpha value is -4.12. The predicted octanol–water partition coefficient (Wildman–Crippen LogP) is 7.34. The van der Waals surface area contributed by atoms with E-state index in [0.29, 0.717) is 22.4 Å². The first-order chi connectivity index (χ1) is 16.0. The van der Waals surface area contributed by atoms with Gasteiger partial charge in [0.05, 0.1) is 12.7 Å². The van der Waals surface area contributed by atoms with Crippen LogP contribution >= 0.6 is 0 Å². The first-order valence-electron chi connectivity index (χ1n) is 10.2. The highest BCUT2D eigenvalue weighted by Gasteiger charge is 2.19. The molecule has 0 saturated heterocycles. The van der Waals surface area contributed by atoms with Crippen LogP contribution in [-0.4, -0.2) is 12.9 Å². The van der Waals surface area contributed by atoms with E-state index in [1.807, 2.05) is 0 Å². The van der Waals surface area contributed by atoms with E-state index in [2.05, 4.69) is 0 Å². The molecule has 5 heteroatoms. The van der Waals surface area contributed by atoms with E-state index >= 15 is 0 Å². The molecule has 0 atom stereocenters. The summed E-state index contributed by atoms with van der Waals surface area (Å²) in [6.45, 7) is 0. The number of hydrogen-bond donors (Lipinski definition) is 0. The quantitative estimate of drug-likeness (QED) is 0.230. The number of rotatable bonds is 6. The van der Waals surface area contributed by atoms with Gasteiger partial charge in [-0.3, -0.25) is 4.79 Å². The maximum absolute atomic E-state index is 14.0. The van der Waals surface area contributed by atoms with Gasteiger partial charge in [-0.15, -0.1) is 0 Å². The molecule has 0 bridgehead atoms. The number of carbonyl (C=O) groups is 1. The number of methoxy groups -OCH3 is 1. The first-order valence-corrected chi connectivity index (χ1v) is 10.2. The maximum atomic E-state index is 14.0. The highest BCUT2D eigenvalue weighted by atomic mass is 19.1. The summed E-state index contributed by atoms with van der Waals surface area (Å²) in [4.78, 5) is 13.2. The summed E-state index contributed by atoms with van der Waals surface area (Å²) in [7, 11) is 1.44. The standard InChI is InChI=1S/C28H19F3O2/c1-33-27-17-21(18-6-11-22(29)12-7-18)16-24(19-8-13-23(30)14-9-19)28(27)26(32)15-10-20-4-2-3-5-25(20)31/h2-17H,1H3. The number of hydrogen-bond acceptors (Lipinski definition) is 2. The molecule has 0 aromatic heterocycles. The molecular formula is C28H19F3O2. The van der Waals surface area contributed by atoms with E-state index in [-0.39, 0.29) is 16.9 Å². The molecule has 0 unspecified atom stereocenters. The van der Waals surface area contributed by atoms with Gasteiger partial charge in [-0.2, -0.15) is 0 Å². The van der Waals surface area contributed by atoms with Gasteiger partial charge in [-0.1, -0.05) is 42.5 Å². The highest BCUT2D eigenvalue weighted by Crippen LogP contribution is 2.37. The average Bonchev–Trinajstić information content (AvgIpc) is 2.83. The monoisotopic (exact) mass is 444 g/mol. The molecule has 0 saturated carbocycles. The van der Waals surface area contributed by atoms with Crippen molar-refractivity contribution < 1.29 is 22.7 Å². The molecule has 2 nitrogen and oxygen atoms in total. The highest BCUT2D eigenvalue weighted by molar-refractivity contribution is 6.13. The van der Waals surface area contributed by atoms with Crippen LogP contribution in [0.15, 0.2) is 91.0 Å². The minimum absolute atomic E-state index is 0.252. The molecule has 0 heterocycles. The third kappa shape index (κ3) is 4.88. The van der Waals surface area contributed by atoms with Crippen molar-refractivity contribution in [2.75, 3.05) is 7.11 Å². The van der Waals surface area contributed by atoms with Gasteiger partial charge in [0.2, 0.25) is 0 Å². The van der Waals surface area contributed by atoms with Gasteiger partial charge in [0, 0.05) is 5.56 Å². The van der Waals surface area contributed by atoms with Gasteiger partial charge in [0.25, 0.3) is 0 Å². The largest absolute Gasteiger partial charge is 0.496 e. The molecule has 0 spiro atoms. The van der Waals surface area contributed by atoms with Crippen LogP contribution < -0.4 is 4.74 Å². The van der Waals surface area contributed by atoms with Crippen LogP contribution in [0.3, 0.4) is 0 Å². The summed E-state index contributed by atoms with van der Waals surface area (Å²) in [6.07, 6.45) is 2.68. The minimum atomic E-state index is -0.445. The van der Waals surface area contributed by atoms with Crippen molar-refractivity contribution in [1.82, 2.24) is 0 Å². The number of ether oxygens (including phenoxy) is 1. The molecule has 0 fully saturated rings. The lowest BCUT2D eigenvalue weighted by Gasteiger charge is -2.15. The van der Waals surface area contributed by atoms with Gasteiger partial charge in [0.15, 0.2) is 5.78 Å². The molecule has 0 amide bonds. The molecule has 4 rings (SSSR count). The van der Waals surface area contributed by atoms with Crippen molar-refractivity contribution in [3.63, 3.8) is 0 Å². The number of carbonyl (C=O) groups excluding carboxylic acids is 1. The van der Waals surface area contributed by atoms with E-state index < -0.39 is 17.4 Å². The van der Waals surface area contributed by atoms with E-state index in [9.17, 15) is 18.0 Å². The van der Waals surface area contributed by atoms with Crippen LogP contribution in [0, 0.1) is 17.5 Å². The molecule has 0 aliphatic heterocycles. The predicted molar refractivity (Wildman–Crippen MR) is 124 cm³/mol. The van der Waals surface area contributed by atoms with E-state index in [0.717, 1.165) is 5.56 Å². The average molecular weight is 444 g/mol. The normalized spacial score (nSPS) is 11.0. The van der Waals surface area contributed by atoms with Crippen LogP contribution in [0.2, 0.25) is 0 Å². The topological polar surface area (TPSA) is 26.3 Å². The Bertz CT molecular complexity index is 1320. The summed E-state index contributed by atoms with van der Waals surface area (Å²) >= 11 is 0. The molecule has 33 heavy (non-hydrogen) atoms. The first kappa shape index (κ1) is 22.1. The number of halogens is 3. The summed E-state index contributed by atoms with van der Waals surface area (Å²) < 4.78 is 46.5. The Morgan fingerprint density at radius 3 is 1.97 bits per heavy atom. The fourth-order valence-electron chi connectivity index (χ4n) is 3.56. The Labute approximate surface area is 189 Å². The fourth-order valence-corrected chi connectivity index (χ4v) is 3.56. The van der Waals surface area contributed by atoms with Crippen molar-refractivity contribution in [2.45, 2.75) is 0 Å². The Morgan fingerprint density at radius 1 is 0.758 bits per heavy atom. The van der Waals surface area contributed by atoms with Gasteiger partial charge < -0.3 is 4.74 Å². The number of allylic oxidation sites excluding steroid dienone is 1. The second-order valence-electron chi connectivity index (χ2n) is 7.33. The fraction of sp³-hybridized carbons (Fsp3) is 0.0357. The van der Waals surface area contributed by atoms with Gasteiger partial charge in [-0.05, 0) is 76.9 Å². The van der Waals surface area contributed by atoms with Gasteiger partial charge in [0.1, 0.15) is 23.2 Å². The molecule has 0 aliphatic rings. The van der Waals surface area contributed by atoms with Crippen molar-refractivity contribution >= 4 is 11.9 Å². The second-order valence-corrected chi connectivity index (χ2v) is 7.33. The Balaban J connectivity index is 1.87. The Morgan fingerprint density at radius 2 is 1.36 bits per heavy atom. The SMILES string of the molecule is COc1cc(-c2ccc(F)cc2)cc(-c2ccc(F)cc2)c1C(=O)C=Cc1ccccc1F. The van der Waals surface area contributed by atoms with Crippen LogP contribution in [0.25, 0.3) is 28.3 Å². The number of ketones is 1. The summed E-state index contributed by atoms with van der Waals surface area (Å²) in [5.41, 5.74) is 3.05. The molecular weight excluding hydrogens is 425 g/mol. The summed E-state index contributed by atoms with van der Waals surface area (Å²) in [6, 6.07) is 21.2. The third-order valence-corrected chi connectivity index (χ3v) is 5.22. The zero-order valence-corrected chi connectivity index (χ0v) is 17.7. The van der Waals surface area contributed by atoms with Gasteiger partial charge >= 0.3 is 0 Å².